The van der Waals surface area contributed by atoms with E-state index in [1.165, 1.54) is 25.7 Å². The molecule has 4 nitrogen and oxygen atoms in total. The predicted octanol–water partition coefficient (Wildman–Crippen LogP) is 4.56. The van der Waals surface area contributed by atoms with Gasteiger partial charge >= 0.3 is 0 Å². The average molecular weight is 315 g/mol. The highest BCUT2D eigenvalue weighted by Gasteiger charge is 2.06. The molecule has 0 aliphatic heterocycles. The van der Waals surface area contributed by atoms with Gasteiger partial charge in [-0.15, -0.1) is 0 Å². The number of benzene rings is 1. The molecule has 1 heterocycles. The molecule has 2 rings (SSSR count). The molecule has 1 aromatic heterocycles. The predicted molar refractivity (Wildman–Crippen MR) is 90.6 cm³/mol. The highest BCUT2D eigenvalue weighted by molar-refractivity contribution is 5.94. The van der Waals surface area contributed by atoms with Gasteiger partial charge in [0.05, 0.1) is 19.4 Å². The fourth-order valence-electron chi connectivity index (χ4n) is 2.28. The van der Waals surface area contributed by atoms with Crippen LogP contribution in [0, 0.1) is 0 Å². The van der Waals surface area contributed by atoms with Gasteiger partial charge in [-0.2, -0.15) is 0 Å². The third-order valence-electron chi connectivity index (χ3n) is 3.64. The summed E-state index contributed by atoms with van der Waals surface area (Å²) in [7, 11) is 0. The third kappa shape index (κ3) is 6.19. The van der Waals surface area contributed by atoms with Crippen LogP contribution in [0.1, 0.15) is 55.1 Å². The number of ether oxygens (including phenoxy) is 1. The first-order chi connectivity index (χ1) is 11.3. The fourth-order valence-corrected chi connectivity index (χ4v) is 2.28. The number of rotatable bonds is 10. The number of furan rings is 1. The largest absolute Gasteiger partial charge is 0.494 e. The Balaban J connectivity index is 1.70. The lowest BCUT2D eigenvalue weighted by atomic mass is 10.2. The Kier molecular flexibility index (Phi) is 7.24. The minimum Gasteiger partial charge on any atom is -0.494 e. The standard InChI is InChI=1S/C19H25NO3/c1-2-3-4-5-6-13-22-17-11-9-16(10-12-17)19(21)20-15-18-8-7-14-23-18/h7-12,14H,2-6,13,15H2,1H3,(H,20,21). The summed E-state index contributed by atoms with van der Waals surface area (Å²) in [6, 6.07) is 10.9. The van der Waals surface area contributed by atoms with Crippen molar-refractivity contribution in [3.63, 3.8) is 0 Å². The highest BCUT2D eigenvalue weighted by Crippen LogP contribution is 2.13. The maximum absolute atomic E-state index is 12.0. The van der Waals surface area contributed by atoms with Gasteiger partial charge in [-0.1, -0.05) is 32.6 Å². The van der Waals surface area contributed by atoms with E-state index in [0.717, 1.165) is 24.5 Å². The van der Waals surface area contributed by atoms with E-state index in [1.54, 1.807) is 24.5 Å². The van der Waals surface area contributed by atoms with Crippen molar-refractivity contribution in [2.24, 2.45) is 0 Å². The third-order valence-corrected chi connectivity index (χ3v) is 3.64. The molecule has 0 radical (unpaired) electrons. The molecule has 0 saturated heterocycles. The molecule has 0 aliphatic rings. The molecular formula is C19H25NO3. The molecule has 23 heavy (non-hydrogen) atoms. The molecule has 1 aromatic carbocycles. The Morgan fingerprint density at radius 1 is 1.09 bits per heavy atom. The van der Waals surface area contributed by atoms with E-state index in [0.29, 0.717) is 12.1 Å². The molecule has 0 spiro atoms. The maximum atomic E-state index is 12.0. The summed E-state index contributed by atoms with van der Waals surface area (Å²) < 4.78 is 10.9. The summed E-state index contributed by atoms with van der Waals surface area (Å²) in [5.74, 6) is 1.43. The minimum absolute atomic E-state index is 0.118. The second-order valence-electron chi connectivity index (χ2n) is 5.55. The monoisotopic (exact) mass is 315 g/mol. The summed E-state index contributed by atoms with van der Waals surface area (Å²) >= 11 is 0. The van der Waals surface area contributed by atoms with Gasteiger partial charge in [0, 0.05) is 5.56 Å². The van der Waals surface area contributed by atoms with E-state index in [4.69, 9.17) is 9.15 Å². The van der Waals surface area contributed by atoms with Gasteiger partial charge in [0.25, 0.3) is 5.91 Å². The van der Waals surface area contributed by atoms with Crippen molar-refractivity contribution in [1.82, 2.24) is 5.32 Å². The normalized spacial score (nSPS) is 10.5. The summed E-state index contributed by atoms with van der Waals surface area (Å²) in [5, 5.41) is 2.82. The van der Waals surface area contributed by atoms with Gasteiger partial charge in [-0.05, 0) is 42.8 Å². The molecule has 4 heteroatoms. The van der Waals surface area contributed by atoms with Crippen molar-refractivity contribution in [2.45, 2.75) is 45.6 Å². The van der Waals surface area contributed by atoms with E-state index in [-0.39, 0.29) is 5.91 Å². The molecular weight excluding hydrogens is 290 g/mol. The number of nitrogens with one attached hydrogen (secondary N) is 1. The Morgan fingerprint density at radius 3 is 2.57 bits per heavy atom. The zero-order valence-corrected chi connectivity index (χ0v) is 13.7. The first kappa shape index (κ1) is 17.1. The van der Waals surface area contributed by atoms with Crippen LogP contribution in [0.4, 0.5) is 0 Å². The fraction of sp³-hybridized carbons (Fsp3) is 0.421. The van der Waals surface area contributed by atoms with E-state index in [1.807, 2.05) is 18.2 Å². The van der Waals surface area contributed by atoms with Gasteiger partial charge < -0.3 is 14.5 Å². The SMILES string of the molecule is CCCCCCCOc1ccc(C(=O)NCc2ccco2)cc1. The van der Waals surface area contributed by atoms with Gasteiger partial charge in [-0.3, -0.25) is 4.79 Å². The van der Waals surface area contributed by atoms with Crippen LogP contribution in [-0.2, 0) is 6.54 Å². The Labute approximate surface area is 137 Å². The zero-order valence-electron chi connectivity index (χ0n) is 13.7. The summed E-state index contributed by atoms with van der Waals surface area (Å²) in [4.78, 5) is 12.0. The number of carbonyl (C=O) groups is 1. The average Bonchev–Trinajstić information content (AvgIpc) is 3.10. The molecule has 0 bridgehead atoms. The zero-order chi connectivity index (χ0) is 16.3. The van der Waals surface area contributed by atoms with Crippen molar-refractivity contribution >= 4 is 5.91 Å². The van der Waals surface area contributed by atoms with E-state index in [2.05, 4.69) is 12.2 Å². The molecule has 1 N–H and O–H groups in total. The first-order valence-electron chi connectivity index (χ1n) is 8.33. The molecule has 0 unspecified atom stereocenters. The summed E-state index contributed by atoms with van der Waals surface area (Å²) in [5.41, 5.74) is 0.617. The van der Waals surface area contributed by atoms with Gasteiger partial charge in [-0.25, -0.2) is 0 Å². The number of amides is 1. The van der Waals surface area contributed by atoms with Crippen LogP contribution in [0.3, 0.4) is 0 Å². The van der Waals surface area contributed by atoms with Crippen LogP contribution < -0.4 is 10.1 Å². The molecule has 124 valence electrons. The minimum atomic E-state index is -0.118. The molecule has 0 saturated carbocycles. The Hall–Kier alpha value is -2.23. The lowest BCUT2D eigenvalue weighted by Gasteiger charge is -2.07. The lowest BCUT2D eigenvalue weighted by Crippen LogP contribution is -2.22. The van der Waals surface area contributed by atoms with E-state index >= 15 is 0 Å². The smallest absolute Gasteiger partial charge is 0.251 e. The maximum Gasteiger partial charge on any atom is 0.251 e. The summed E-state index contributed by atoms with van der Waals surface area (Å²) in [6.45, 7) is 3.33. The second-order valence-corrected chi connectivity index (χ2v) is 5.55. The van der Waals surface area contributed by atoms with Gasteiger partial charge in [0.1, 0.15) is 11.5 Å². The van der Waals surface area contributed by atoms with E-state index < -0.39 is 0 Å². The highest BCUT2D eigenvalue weighted by atomic mass is 16.5. The second kappa shape index (κ2) is 9.72. The van der Waals surface area contributed by atoms with Crippen molar-refractivity contribution in [3.8, 4) is 5.75 Å². The first-order valence-corrected chi connectivity index (χ1v) is 8.33. The van der Waals surface area contributed by atoms with Crippen LogP contribution in [0.25, 0.3) is 0 Å². The van der Waals surface area contributed by atoms with Gasteiger partial charge in [0.2, 0.25) is 0 Å². The van der Waals surface area contributed by atoms with Crippen LogP contribution >= 0.6 is 0 Å². The Bertz CT molecular complexity index is 561. The van der Waals surface area contributed by atoms with Gasteiger partial charge in [0.15, 0.2) is 0 Å². The van der Waals surface area contributed by atoms with Crippen molar-refractivity contribution in [2.75, 3.05) is 6.61 Å². The lowest BCUT2D eigenvalue weighted by molar-refractivity contribution is 0.0948. The van der Waals surface area contributed by atoms with Crippen LogP contribution in [0.2, 0.25) is 0 Å². The van der Waals surface area contributed by atoms with Crippen LogP contribution in [0.15, 0.2) is 47.1 Å². The van der Waals surface area contributed by atoms with Crippen molar-refractivity contribution in [3.05, 3.63) is 54.0 Å². The number of hydrogen-bond acceptors (Lipinski definition) is 3. The molecule has 1 amide bonds. The molecule has 0 aliphatic carbocycles. The number of carbonyl (C=O) groups excluding carboxylic acids is 1. The van der Waals surface area contributed by atoms with Crippen molar-refractivity contribution in [1.29, 1.82) is 0 Å². The van der Waals surface area contributed by atoms with Crippen LogP contribution in [0.5, 0.6) is 5.75 Å². The number of hydrogen-bond donors (Lipinski definition) is 1. The quantitative estimate of drug-likeness (QED) is 0.654. The topological polar surface area (TPSA) is 51.5 Å². The van der Waals surface area contributed by atoms with E-state index in [9.17, 15) is 4.79 Å². The van der Waals surface area contributed by atoms with Crippen molar-refractivity contribution < 1.29 is 13.9 Å². The molecule has 0 fully saturated rings. The van der Waals surface area contributed by atoms with Crippen LogP contribution in [-0.4, -0.2) is 12.5 Å². The summed E-state index contributed by atoms with van der Waals surface area (Å²) in [6.07, 6.45) is 7.70. The number of unbranched alkanes of at least 4 members (excludes halogenated alkanes) is 4. The molecule has 0 atom stereocenters. The Morgan fingerprint density at radius 2 is 1.87 bits per heavy atom. The molecule has 2 aromatic rings.